The van der Waals surface area contributed by atoms with Crippen LogP contribution in [0.1, 0.15) is 20.3 Å². The molecule has 0 aliphatic rings. The summed E-state index contributed by atoms with van der Waals surface area (Å²) in [5.41, 5.74) is 5.21. The van der Waals surface area contributed by atoms with Crippen molar-refractivity contribution in [3.05, 3.63) is 0 Å². The Morgan fingerprint density at radius 2 is 2.08 bits per heavy atom. The van der Waals surface area contributed by atoms with Crippen LogP contribution in [0, 0.1) is 0 Å². The highest BCUT2D eigenvalue weighted by Gasteiger charge is 2.20. The molecule has 0 radical (unpaired) electrons. The zero-order valence-electron chi connectivity index (χ0n) is 8.75. The van der Waals surface area contributed by atoms with Crippen molar-refractivity contribution in [1.29, 1.82) is 0 Å². The topological polar surface area (TPSA) is 64.7 Å². The average molecular weight is 191 g/mol. The number of hydrogen-bond donors (Lipinski definition) is 2. The fourth-order valence-corrected chi connectivity index (χ4v) is 1.11. The minimum Gasteiger partial charge on any atom is -0.394 e. The monoisotopic (exact) mass is 191 g/mol. The van der Waals surface area contributed by atoms with E-state index in [-0.39, 0.29) is 12.7 Å². The molecule has 0 rings (SSSR count). The maximum atomic E-state index is 8.91. The standard InChI is InChI=1S/C9H21NO3/c1-8(13-5-4-12-3)6-9(2,10)7-11/h8,11H,4-7,10H2,1-3H3. The minimum absolute atomic E-state index is 0.0228. The normalized spacial score (nSPS) is 18.2. The van der Waals surface area contributed by atoms with E-state index < -0.39 is 5.54 Å². The number of ether oxygens (including phenoxy) is 2. The van der Waals surface area contributed by atoms with Gasteiger partial charge in [0.2, 0.25) is 0 Å². The van der Waals surface area contributed by atoms with E-state index in [9.17, 15) is 0 Å². The predicted molar refractivity (Wildman–Crippen MR) is 51.6 cm³/mol. The van der Waals surface area contributed by atoms with Crippen LogP contribution in [-0.2, 0) is 9.47 Å². The van der Waals surface area contributed by atoms with Crippen LogP contribution in [0.25, 0.3) is 0 Å². The lowest BCUT2D eigenvalue weighted by Gasteiger charge is -2.25. The van der Waals surface area contributed by atoms with Gasteiger partial charge in [0.25, 0.3) is 0 Å². The first-order valence-electron chi connectivity index (χ1n) is 4.52. The summed E-state index contributed by atoms with van der Waals surface area (Å²) in [5, 5.41) is 8.91. The highest BCUT2D eigenvalue weighted by atomic mass is 16.5. The molecule has 4 heteroatoms. The zero-order valence-corrected chi connectivity index (χ0v) is 8.75. The maximum Gasteiger partial charge on any atom is 0.0703 e. The Hall–Kier alpha value is -0.160. The van der Waals surface area contributed by atoms with Gasteiger partial charge in [0.05, 0.1) is 25.9 Å². The Morgan fingerprint density at radius 1 is 1.46 bits per heavy atom. The summed E-state index contributed by atoms with van der Waals surface area (Å²) >= 11 is 0. The van der Waals surface area contributed by atoms with Crippen LogP contribution in [0.2, 0.25) is 0 Å². The minimum atomic E-state index is -0.549. The van der Waals surface area contributed by atoms with Gasteiger partial charge in [-0.25, -0.2) is 0 Å². The Kier molecular flexibility index (Phi) is 6.24. The molecule has 0 bridgehead atoms. The SMILES string of the molecule is COCCOC(C)CC(C)(N)CO. The molecule has 3 N–H and O–H groups in total. The molecule has 0 aromatic carbocycles. The number of methoxy groups -OCH3 is 1. The summed E-state index contributed by atoms with van der Waals surface area (Å²) in [6.07, 6.45) is 0.699. The number of rotatable bonds is 7. The number of aliphatic hydroxyl groups is 1. The average Bonchev–Trinajstić information content (AvgIpc) is 2.04. The van der Waals surface area contributed by atoms with Crippen LogP contribution in [0.5, 0.6) is 0 Å². The van der Waals surface area contributed by atoms with Crippen molar-refractivity contribution < 1.29 is 14.6 Å². The van der Waals surface area contributed by atoms with E-state index in [2.05, 4.69) is 0 Å². The Balaban J connectivity index is 3.55. The first-order chi connectivity index (χ1) is 6.02. The van der Waals surface area contributed by atoms with Crippen LogP contribution < -0.4 is 5.73 Å². The molecule has 0 amide bonds. The van der Waals surface area contributed by atoms with E-state index in [1.807, 2.05) is 13.8 Å². The number of aliphatic hydroxyl groups excluding tert-OH is 1. The summed E-state index contributed by atoms with van der Waals surface area (Å²) in [4.78, 5) is 0. The first kappa shape index (κ1) is 12.8. The molecule has 4 nitrogen and oxygen atoms in total. The van der Waals surface area contributed by atoms with Gasteiger partial charge in [-0.1, -0.05) is 0 Å². The number of nitrogens with two attached hydrogens (primary N) is 1. The Labute approximate surface area is 80.0 Å². The molecule has 0 saturated carbocycles. The molecule has 2 atom stereocenters. The van der Waals surface area contributed by atoms with E-state index >= 15 is 0 Å². The van der Waals surface area contributed by atoms with Crippen molar-refractivity contribution in [2.75, 3.05) is 26.9 Å². The molecule has 0 aromatic heterocycles. The third-order valence-corrected chi connectivity index (χ3v) is 1.80. The van der Waals surface area contributed by atoms with Gasteiger partial charge in [0.1, 0.15) is 0 Å². The van der Waals surface area contributed by atoms with Crippen LogP contribution in [-0.4, -0.2) is 43.7 Å². The summed E-state index contributed by atoms with van der Waals surface area (Å²) in [6.45, 7) is 4.88. The smallest absolute Gasteiger partial charge is 0.0703 e. The van der Waals surface area contributed by atoms with E-state index in [1.54, 1.807) is 7.11 Å². The predicted octanol–water partition coefficient (Wildman–Crippen LogP) is 0.138. The van der Waals surface area contributed by atoms with E-state index in [4.69, 9.17) is 20.3 Å². The quantitative estimate of drug-likeness (QED) is 0.562. The molecule has 80 valence electrons. The Bertz CT molecular complexity index is 128. The molecular formula is C9H21NO3. The van der Waals surface area contributed by atoms with Gasteiger partial charge < -0.3 is 20.3 Å². The van der Waals surface area contributed by atoms with Crippen LogP contribution in [0.3, 0.4) is 0 Å². The zero-order chi connectivity index (χ0) is 10.3. The van der Waals surface area contributed by atoms with Gasteiger partial charge in [0, 0.05) is 12.6 Å². The van der Waals surface area contributed by atoms with E-state index in [0.29, 0.717) is 19.6 Å². The maximum absolute atomic E-state index is 8.91. The highest BCUT2D eigenvalue weighted by Crippen LogP contribution is 2.10. The lowest BCUT2D eigenvalue weighted by atomic mass is 9.97. The largest absolute Gasteiger partial charge is 0.394 e. The fraction of sp³-hybridized carbons (Fsp3) is 1.00. The molecule has 2 unspecified atom stereocenters. The second kappa shape index (κ2) is 6.32. The van der Waals surface area contributed by atoms with Crippen LogP contribution in [0.15, 0.2) is 0 Å². The van der Waals surface area contributed by atoms with Crippen molar-refractivity contribution in [3.63, 3.8) is 0 Å². The molecule has 0 aliphatic carbocycles. The van der Waals surface area contributed by atoms with Gasteiger partial charge >= 0.3 is 0 Å². The van der Waals surface area contributed by atoms with Gasteiger partial charge in [-0.15, -0.1) is 0 Å². The molecule has 0 aromatic rings. The third-order valence-electron chi connectivity index (χ3n) is 1.80. The highest BCUT2D eigenvalue weighted by molar-refractivity contribution is 4.79. The molecule has 0 fully saturated rings. The van der Waals surface area contributed by atoms with E-state index in [0.717, 1.165) is 0 Å². The second-order valence-electron chi connectivity index (χ2n) is 3.69. The molecular weight excluding hydrogens is 170 g/mol. The van der Waals surface area contributed by atoms with Gasteiger partial charge in [-0.2, -0.15) is 0 Å². The third kappa shape index (κ3) is 6.95. The van der Waals surface area contributed by atoms with Crippen molar-refractivity contribution in [2.24, 2.45) is 5.73 Å². The van der Waals surface area contributed by atoms with Gasteiger partial charge in [-0.05, 0) is 20.3 Å². The summed E-state index contributed by atoms with van der Waals surface area (Å²) < 4.78 is 10.2. The molecule has 0 aliphatic heterocycles. The molecule has 0 saturated heterocycles. The molecule has 13 heavy (non-hydrogen) atoms. The van der Waals surface area contributed by atoms with Gasteiger partial charge in [0.15, 0.2) is 0 Å². The van der Waals surface area contributed by atoms with Crippen molar-refractivity contribution in [3.8, 4) is 0 Å². The summed E-state index contributed by atoms with van der Waals surface area (Å²) in [7, 11) is 1.63. The summed E-state index contributed by atoms with van der Waals surface area (Å²) in [5.74, 6) is 0. The molecule has 0 heterocycles. The Morgan fingerprint density at radius 3 is 2.54 bits per heavy atom. The second-order valence-corrected chi connectivity index (χ2v) is 3.69. The molecule has 0 spiro atoms. The number of hydrogen-bond acceptors (Lipinski definition) is 4. The van der Waals surface area contributed by atoms with Crippen molar-refractivity contribution >= 4 is 0 Å². The fourth-order valence-electron chi connectivity index (χ4n) is 1.11. The lowest BCUT2D eigenvalue weighted by Crippen LogP contribution is -2.43. The van der Waals surface area contributed by atoms with Gasteiger partial charge in [-0.3, -0.25) is 0 Å². The summed E-state index contributed by atoms with van der Waals surface area (Å²) in [6, 6.07) is 0. The van der Waals surface area contributed by atoms with Crippen LogP contribution in [0.4, 0.5) is 0 Å². The van der Waals surface area contributed by atoms with Crippen molar-refractivity contribution in [2.45, 2.75) is 31.9 Å². The first-order valence-corrected chi connectivity index (χ1v) is 4.52. The van der Waals surface area contributed by atoms with Crippen LogP contribution >= 0.6 is 0 Å². The van der Waals surface area contributed by atoms with Crippen molar-refractivity contribution in [1.82, 2.24) is 0 Å². The lowest BCUT2D eigenvalue weighted by molar-refractivity contribution is 0.00778. The van der Waals surface area contributed by atoms with E-state index in [1.165, 1.54) is 0 Å².